The second kappa shape index (κ2) is 5.60. The molecule has 1 aliphatic rings. The highest BCUT2D eigenvalue weighted by Gasteiger charge is 2.18. The molecule has 1 aromatic rings. The number of carbonyl (C=O) groups excluding carboxylic acids is 1. The molecule has 1 aliphatic carbocycles. The van der Waals surface area contributed by atoms with Crippen molar-refractivity contribution in [3.8, 4) is 0 Å². The Bertz CT molecular complexity index is 379. The van der Waals surface area contributed by atoms with Gasteiger partial charge in [0, 0.05) is 4.88 Å². The van der Waals surface area contributed by atoms with E-state index in [1.165, 1.54) is 23.4 Å². The largest absolute Gasteiger partial charge is 0.320 e. The first kappa shape index (κ1) is 12.5. The highest BCUT2D eigenvalue weighted by Crippen LogP contribution is 2.29. The van der Waals surface area contributed by atoms with Crippen molar-refractivity contribution in [3.63, 3.8) is 0 Å². The minimum atomic E-state index is -0.416. The molecule has 0 saturated carbocycles. The van der Waals surface area contributed by atoms with E-state index < -0.39 is 6.04 Å². The Kier molecular flexibility index (Phi) is 4.12. The van der Waals surface area contributed by atoms with Crippen LogP contribution in [0.2, 0.25) is 0 Å². The predicted octanol–water partition coefficient (Wildman–Crippen LogP) is 2.09. The average Bonchev–Trinajstić information content (AvgIpc) is 2.71. The third-order valence-electron chi connectivity index (χ3n) is 3.01. The monoisotopic (exact) mass is 253 g/mol. The van der Waals surface area contributed by atoms with Gasteiger partial charge in [-0.05, 0) is 32.1 Å². The Morgan fingerprint density at radius 1 is 1.53 bits per heavy atom. The number of nitrogens with one attached hydrogen (secondary N) is 1. The Balaban J connectivity index is 1.99. The van der Waals surface area contributed by atoms with Crippen LogP contribution in [0.25, 0.3) is 0 Å². The van der Waals surface area contributed by atoms with Crippen molar-refractivity contribution in [1.29, 1.82) is 0 Å². The first-order valence-electron chi connectivity index (χ1n) is 6.25. The van der Waals surface area contributed by atoms with Gasteiger partial charge in [0.05, 0.1) is 11.7 Å². The molecule has 0 aromatic carbocycles. The van der Waals surface area contributed by atoms with Crippen LogP contribution in [0.5, 0.6) is 0 Å². The third kappa shape index (κ3) is 3.04. The second-order valence-electron chi connectivity index (χ2n) is 4.48. The number of amides is 1. The van der Waals surface area contributed by atoms with Crippen LogP contribution in [0.15, 0.2) is 0 Å². The Labute approximate surface area is 106 Å². The van der Waals surface area contributed by atoms with Gasteiger partial charge in [-0.25, -0.2) is 4.98 Å². The van der Waals surface area contributed by atoms with Gasteiger partial charge < -0.3 is 11.1 Å². The number of aromatic nitrogens is 1. The quantitative estimate of drug-likeness (QED) is 0.863. The number of rotatable bonds is 4. The predicted molar refractivity (Wildman–Crippen MR) is 70.3 cm³/mol. The molecular formula is C12H19N3OS. The van der Waals surface area contributed by atoms with Crippen LogP contribution in [0.4, 0.5) is 5.13 Å². The van der Waals surface area contributed by atoms with Gasteiger partial charge in [0.25, 0.3) is 0 Å². The lowest BCUT2D eigenvalue weighted by molar-refractivity contribution is -0.117. The summed E-state index contributed by atoms with van der Waals surface area (Å²) < 4.78 is 0. The fraction of sp³-hybridized carbons (Fsp3) is 0.667. The number of nitrogens with two attached hydrogens (primary N) is 1. The smallest absolute Gasteiger partial charge is 0.243 e. The van der Waals surface area contributed by atoms with E-state index in [1.807, 2.05) is 6.92 Å². The summed E-state index contributed by atoms with van der Waals surface area (Å²) in [4.78, 5) is 17.5. The van der Waals surface area contributed by atoms with Crippen molar-refractivity contribution in [1.82, 2.24) is 4.98 Å². The highest BCUT2D eigenvalue weighted by molar-refractivity contribution is 7.15. The minimum absolute atomic E-state index is 0.113. The van der Waals surface area contributed by atoms with E-state index in [1.54, 1.807) is 11.3 Å². The van der Waals surface area contributed by atoms with Crippen LogP contribution in [0.1, 0.15) is 43.2 Å². The molecule has 4 nitrogen and oxygen atoms in total. The van der Waals surface area contributed by atoms with E-state index in [2.05, 4.69) is 10.3 Å². The van der Waals surface area contributed by atoms with Crippen molar-refractivity contribution in [2.24, 2.45) is 5.73 Å². The zero-order chi connectivity index (χ0) is 12.3. The Morgan fingerprint density at radius 2 is 2.29 bits per heavy atom. The summed E-state index contributed by atoms with van der Waals surface area (Å²) in [6.45, 7) is 2.02. The SMILES string of the molecule is CCC[C@H](N)C(=O)Nc1nc2c(s1)CCCC2. The fourth-order valence-corrected chi connectivity index (χ4v) is 3.10. The third-order valence-corrected chi connectivity index (χ3v) is 4.09. The van der Waals surface area contributed by atoms with Gasteiger partial charge in [-0.1, -0.05) is 13.3 Å². The molecular weight excluding hydrogens is 234 g/mol. The molecule has 2 rings (SSSR count). The van der Waals surface area contributed by atoms with E-state index in [9.17, 15) is 4.79 Å². The normalized spacial score (nSPS) is 16.4. The number of anilines is 1. The van der Waals surface area contributed by atoms with E-state index >= 15 is 0 Å². The van der Waals surface area contributed by atoms with Gasteiger partial charge >= 0.3 is 0 Å². The fourth-order valence-electron chi connectivity index (χ4n) is 2.05. The number of carbonyl (C=O) groups is 1. The summed E-state index contributed by atoms with van der Waals surface area (Å²) >= 11 is 1.60. The molecule has 3 N–H and O–H groups in total. The molecule has 17 heavy (non-hydrogen) atoms. The van der Waals surface area contributed by atoms with Gasteiger partial charge in [0.15, 0.2) is 5.13 Å². The molecule has 0 saturated heterocycles. The zero-order valence-corrected chi connectivity index (χ0v) is 11.0. The van der Waals surface area contributed by atoms with Crippen LogP contribution in [0.3, 0.4) is 0 Å². The number of fused-ring (bicyclic) bond motifs is 1. The molecule has 0 fully saturated rings. The average molecular weight is 253 g/mol. The highest BCUT2D eigenvalue weighted by atomic mass is 32.1. The first-order valence-corrected chi connectivity index (χ1v) is 7.07. The number of nitrogens with zero attached hydrogens (tertiary/aromatic N) is 1. The van der Waals surface area contributed by atoms with Crippen molar-refractivity contribution >= 4 is 22.4 Å². The molecule has 0 bridgehead atoms. The molecule has 1 aromatic heterocycles. The first-order chi connectivity index (χ1) is 8.20. The summed E-state index contributed by atoms with van der Waals surface area (Å²) in [6.07, 6.45) is 6.23. The lowest BCUT2D eigenvalue weighted by Gasteiger charge is -2.08. The summed E-state index contributed by atoms with van der Waals surface area (Å²) in [6, 6.07) is -0.416. The van der Waals surface area contributed by atoms with E-state index in [0.29, 0.717) is 5.13 Å². The van der Waals surface area contributed by atoms with Gasteiger partial charge in [0.1, 0.15) is 0 Å². The van der Waals surface area contributed by atoms with Gasteiger partial charge in [-0.2, -0.15) is 0 Å². The van der Waals surface area contributed by atoms with Gasteiger partial charge in [-0.15, -0.1) is 11.3 Å². The lowest BCUT2D eigenvalue weighted by Crippen LogP contribution is -2.35. The number of thiazole rings is 1. The topological polar surface area (TPSA) is 68.0 Å². The van der Waals surface area contributed by atoms with Crippen LogP contribution >= 0.6 is 11.3 Å². The van der Waals surface area contributed by atoms with E-state index in [0.717, 1.165) is 25.7 Å². The van der Waals surface area contributed by atoms with Gasteiger partial charge in [0.2, 0.25) is 5.91 Å². The Morgan fingerprint density at radius 3 is 3.00 bits per heavy atom. The maximum absolute atomic E-state index is 11.7. The summed E-state index contributed by atoms with van der Waals surface area (Å²) in [5, 5.41) is 3.54. The minimum Gasteiger partial charge on any atom is -0.320 e. The summed E-state index contributed by atoms with van der Waals surface area (Å²) in [7, 11) is 0. The van der Waals surface area contributed by atoms with Crippen LogP contribution in [-0.2, 0) is 17.6 Å². The van der Waals surface area contributed by atoms with Crippen LogP contribution in [0, 0.1) is 0 Å². The van der Waals surface area contributed by atoms with Crippen molar-refractivity contribution < 1.29 is 4.79 Å². The molecule has 0 radical (unpaired) electrons. The van der Waals surface area contributed by atoms with Crippen molar-refractivity contribution in [3.05, 3.63) is 10.6 Å². The van der Waals surface area contributed by atoms with Crippen molar-refractivity contribution in [2.75, 3.05) is 5.32 Å². The van der Waals surface area contributed by atoms with Crippen LogP contribution < -0.4 is 11.1 Å². The molecule has 5 heteroatoms. The lowest BCUT2D eigenvalue weighted by atomic mass is 10.0. The van der Waals surface area contributed by atoms with Crippen molar-refractivity contribution in [2.45, 2.75) is 51.5 Å². The molecule has 0 unspecified atom stereocenters. The van der Waals surface area contributed by atoms with E-state index in [-0.39, 0.29) is 5.91 Å². The summed E-state index contributed by atoms with van der Waals surface area (Å²) in [5.41, 5.74) is 6.93. The van der Waals surface area contributed by atoms with Gasteiger partial charge in [-0.3, -0.25) is 4.79 Å². The molecule has 1 heterocycles. The molecule has 0 spiro atoms. The number of hydrogen-bond acceptors (Lipinski definition) is 4. The Hall–Kier alpha value is -0.940. The molecule has 1 atom stereocenters. The van der Waals surface area contributed by atoms with E-state index in [4.69, 9.17) is 5.73 Å². The maximum Gasteiger partial charge on any atom is 0.243 e. The number of hydrogen-bond donors (Lipinski definition) is 2. The maximum atomic E-state index is 11.7. The molecule has 0 aliphatic heterocycles. The second-order valence-corrected chi connectivity index (χ2v) is 5.56. The molecule has 1 amide bonds. The summed E-state index contributed by atoms with van der Waals surface area (Å²) in [5.74, 6) is -0.113. The molecule has 94 valence electrons. The standard InChI is InChI=1S/C12H19N3OS/c1-2-5-8(13)11(16)15-12-14-9-6-3-4-7-10(9)17-12/h8H,2-7,13H2,1H3,(H,14,15,16)/t8-/m0/s1. The number of aryl methyl sites for hydroxylation is 2. The van der Waals surface area contributed by atoms with Crippen LogP contribution in [-0.4, -0.2) is 16.9 Å². The zero-order valence-electron chi connectivity index (χ0n) is 10.2.